The molecule has 0 spiro atoms. The molecule has 0 bridgehead atoms. The lowest BCUT2D eigenvalue weighted by molar-refractivity contribution is -0.0967. The summed E-state index contributed by atoms with van der Waals surface area (Å²) in [6.07, 6.45) is 4.45. The lowest BCUT2D eigenvalue weighted by Crippen LogP contribution is -2.35. The summed E-state index contributed by atoms with van der Waals surface area (Å²) in [5.74, 6) is 0.987. The Balaban J connectivity index is 1.28. The summed E-state index contributed by atoms with van der Waals surface area (Å²) < 4.78 is 7.21. The molecule has 1 heterocycles. The number of hydrogen-bond donors (Lipinski definition) is 4. The maximum Gasteiger partial charge on any atom is 0.193 e. The lowest BCUT2D eigenvalue weighted by atomic mass is 9.81. The Bertz CT molecular complexity index is 1250. The smallest absolute Gasteiger partial charge is 0.193 e. The zero-order chi connectivity index (χ0) is 27.5. The van der Waals surface area contributed by atoms with Gasteiger partial charge in [-0.05, 0) is 85.4 Å². The number of aryl methyl sites for hydroxylation is 1. The van der Waals surface area contributed by atoms with Crippen molar-refractivity contribution in [3.63, 3.8) is 0 Å². The SMILES string of the molecule is Oc1ccc(O)n1CCOc1ccc(CN(CC2CCC(C(O)O)CC2)C2CCc3cc(Cl)ccc32)cc1Cl. The number of rotatable bonds is 10. The molecule has 2 aromatic carbocycles. The van der Waals surface area contributed by atoms with Gasteiger partial charge in [-0.25, -0.2) is 0 Å². The van der Waals surface area contributed by atoms with E-state index in [0.717, 1.165) is 62.2 Å². The Morgan fingerprint density at radius 3 is 2.36 bits per heavy atom. The van der Waals surface area contributed by atoms with Crippen molar-refractivity contribution in [2.45, 2.75) is 63.9 Å². The quantitative estimate of drug-likeness (QED) is 0.225. The lowest BCUT2D eigenvalue weighted by Gasteiger charge is -2.36. The number of aliphatic hydroxyl groups is 2. The van der Waals surface area contributed by atoms with Gasteiger partial charge in [0, 0.05) is 42.2 Å². The molecule has 7 nitrogen and oxygen atoms in total. The average molecular weight is 576 g/mol. The molecule has 1 unspecified atom stereocenters. The second kappa shape index (κ2) is 12.4. The third-order valence-electron chi connectivity index (χ3n) is 8.29. The van der Waals surface area contributed by atoms with Crippen molar-refractivity contribution in [3.05, 3.63) is 75.3 Å². The highest BCUT2D eigenvalue weighted by molar-refractivity contribution is 6.32. The van der Waals surface area contributed by atoms with Gasteiger partial charge in [0.2, 0.25) is 0 Å². The van der Waals surface area contributed by atoms with Gasteiger partial charge in [-0.3, -0.25) is 9.47 Å². The molecule has 0 aliphatic heterocycles. The van der Waals surface area contributed by atoms with Gasteiger partial charge in [0.25, 0.3) is 0 Å². The number of ether oxygens (including phenoxy) is 1. The Kier molecular flexibility index (Phi) is 8.94. The summed E-state index contributed by atoms with van der Waals surface area (Å²) in [6, 6.07) is 15.2. The molecule has 2 aliphatic carbocycles. The van der Waals surface area contributed by atoms with Gasteiger partial charge in [0.15, 0.2) is 18.1 Å². The first-order valence-corrected chi connectivity index (χ1v) is 14.4. The van der Waals surface area contributed by atoms with Crippen LogP contribution in [0.15, 0.2) is 48.5 Å². The molecule has 1 atom stereocenters. The average Bonchev–Trinajstić information content (AvgIpc) is 3.47. The van der Waals surface area contributed by atoms with E-state index < -0.39 is 6.29 Å². The maximum atomic E-state index is 9.81. The molecule has 1 fully saturated rings. The number of aliphatic hydroxyl groups excluding tert-OH is 1. The highest BCUT2D eigenvalue weighted by atomic mass is 35.5. The fourth-order valence-corrected chi connectivity index (χ4v) is 6.61. The molecule has 39 heavy (non-hydrogen) atoms. The maximum absolute atomic E-state index is 9.81. The molecule has 2 aliphatic rings. The predicted molar refractivity (Wildman–Crippen MR) is 151 cm³/mol. The number of benzene rings is 2. The van der Waals surface area contributed by atoms with Crippen LogP contribution in [0.4, 0.5) is 0 Å². The molecule has 4 N–H and O–H groups in total. The Labute approximate surface area is 239 Å². The minimum Gasteiger partial charge on any atom is -0.494 e. The summed E-state index contributed by atoms with van der Waals surface area (Å²) in [6.45, 7) is 2.20. The summed E-state index contributed by atoms with van der Waals surface area (Å²) >= 11 is 12.9. The fraction of sp³-hybridized carbons (Fsp3) is 0.467. The van der Waals surface area contributed by atoms with Crippen molar-refractivity contribution >= 4 is 23.2 Å². The molecule has 3 aromatic rings. The van der Waals surface area contributed by atoms with Crippen molar-refractivity contribution in [3.8, 4) is 17.5 Å². The normalized spacial score (nSPS) is 21.0. The monoisotopic (exact) mass is 574 g/mol. The van der Waals surface area contributed by atoms with Gasteiger partial charge in [0.05, 0.1) is 11.6 Å². The van der Waals surface area contributed by atoms with Crippen LogP contribution in [0, 0.1) is 11.8 Å². The van der Waals surface area contributed by atoms with Crippen LogP contribution in [0.2, 0.25) is 10.0 Å². The number of aromatic nitrogens is 1. The first-order valence-electron chi connectivity index (χ1n) is 13.7. The molecule has 9 heteroatoms. The van der Waals surface area contributed by atoms with E-state index >= 15 is 0 Å². The molecular weight excluding hydrogens is 539 g/mol. The van der Waals surface area contributed by atoms with Gasteiger partial charge in [-0.15, -0.1) is 0 Å². The fourth-order valence-electron chi connectivity index (χ4n) is 6.16. The number of fused-ring (bicyclic) bond motifs is 1. The minimum atomic E-state index is -1.23. The standard InChI is InChI=1S/C30H36Cl2N2O5/c31-23-7-8-24-22(16-23)6-9-26(24)33(17-19-1-4-21(5-2-19)30(37)38)18-20-3-10-27(25(32)15-20)39-14-13-34-28(35)11-12-29(34)36/h3,7-8,10-12,15-16,19,21,26,30,35-38H,1-2,4-6,9,13-14,17-18H2. The minimum absolute atomic E-state index is 0.0191. The Morgan fingerprint density at radius 2 is 1.67 bits per heavy atom. The van der Waals surface area contributed by atoms with Crippen LogP contribution in [-0.2, 0) is 19.5 Å². The van der Waals surface area contributed by atoms with Crippen molar-refractivity contribution < 1.29 is 25.2 Å². The summed E-state index contributed by atoms with van der Waals surface area (Å²) in [4.78, 5) is 2.55. The van der Waals surface area contributed by atoms with E-state index in [1.807, 2.05) is 24.3 Å². The molecule has 1 aromatic heterocycles. The van der Waals surface area contributed by atoms with Crippen LogP contribution in [-0.4, -0.2) is 49.3 Å². The van der Waals surface area contributed by atoms with Crippen LogP contribution in [0.25, 0.3) is 0 Å². The first-order chi connectivity index (χ1) is 18.8. The van der Waals surface area contributed by atoms with Gasteiger partial charge >= 0.3 is 0 Å². The zero-order valence-electron chi connectivity index (χ0n) is 21.8. The summed E-state index contributed by atoms with van der Waals surface area (Å²) in [5.41, 5.74) is 3.74. The zero-order valence-corrected chi connectivity index (χ0v) is 23.4. The van der Waals surface area contributed by atoms with E-state index in [9.17, 15) is 20.4 Å². The van der Waals surface area contributed by atoms with Gasteiger partial charge in [-0.2, -0.15) is 0 Å². The highest BCUT2D eigenvalue weighted by Crippen LogP contribution is 2.40. The molecule has 210 valence electrons. The number of hydrogen-bond acceptors (Lipinski definition) is 6. The van der Waals surface area contributed by atoms with Crippen LogP contribution < -0.4 is 4.74 Å². The molecular formula is C30H36Cl2N2O5. The van der Waals surface area contributed by atoms with Crippen molar-refractivity contribution in [2.75, 3.05) is 13.2 Å². The Morgan fingerprint density at radius 1 is 0.923 bits per heavy atom. The van der Waals surface area contributed by atoms with Crippen LogP contribution in [0.5, 0.6) is 17.5 Å². The first kappa shape index (κ1) is 28.1. The van der Waals surface area contributed by atoms with E-state index in [2.05, 4.69) is 17.0 Å². The third kappa shape index (κ3) is 6.67. The van der Waals surface area contributed by atoms with Crippen LogP contribution in [0.3, 0.4) is 0 Å². The molecule has 0 amide bonds. The second-order valence-electron chi connectivity index (χ2n) is 10.8. The van der Waals surface area contributed by atoms with Crippen molar-refractivity contribution in [1.82, 2.24) is 9.47 Å². The van der Waals surface area contributed by atoms with E-state index in [-0.39, 0.29) is 36.9 Å². The number of nitrogens with zero attached hydrogens (tertiary/aromatic N) is 2. The molecule has 0 saturated heterocycles. The van der Waals surface area contributed by atoms with Crippen LogP contribution >= 0.6 is 23.2 Å². The largest absolute Gasteiger partial charge is 0.494 e. The topological polar surface area (TPSA) is 98.3 Å². The molecule has 1 saturated carbocycles. The van der Waals surface area contributed by atoms with Gasteiger partial charge in [-0.1, -0.05) is 35.3 Å². The molecule has 0 radical (unpaired) electrons. The predicted octanol–water partition coefficient (Wildman–Crippen LogP) is 5.89. The van der Waals surface area contributed by atoms with Gasteiger partial charge < -0.3 is 25.2 Å². The van der Waals surface area contributed by atoms with Crippen molar-refractivity contribution in [2.24, 2.45) is 11.8 Å². The molecule has 5 rings (SSSR count). The van der Waals surface area contributed by atoms with E-state index in [4.69, 9.17) is 27.9 Å². The Hall–Kier alpha value is -2.42. The summed E-state index contributed by atoms with van der Waals surface area (Å²) in [7, 11) is 0. The summed E-state index contributed by atoms with van der Waals surface area (Å²) in [5, 5.41) is 40.1. The van der Waals surface area contributed by atoms with E-state index in [1.54, 1.807) is 0 Å². The third-order valence-corrected chi connectivity index (χ3v) is 8.82. The van der Waals surface area contributed by atoms with Gasteiger partial charge in [0.1, 0.15) is 12.4 Å². The van der Waals surface area contributed by atoms with Crippen LogP contribution in [0.1, 0.15) is 54.8 Å². The van der Waals surface area contributed by atoms with E-state index in [1.165, 1.54) is 27.8 Å². The number of halogens is 2. The second-order valence-corrected chi connectivity index (χ2v) is 11.7. The van der Waals surface area contributed by atoms with E-state index in [0.29, 0.717) is 16.7 Å². The number of aromatic hydroxyl groups is 2. The highest BCUT2D eigenvalue weighted by Gasteiger charge is 2.32. The van der Waals surface area contributed by atoms with Crippen molar-refractivity contribution in [1.29, 1.82) is 0 Å².